The summed E-state index contributed by atoms with van der Waals surface area (Å²) in [7, 11) is 0. The number of piperidine rings is 1. The molecule has 1 unspecified atom stereocenters. The highest BCUT2D eigenvalue weighted by Crippen LogP contribution is 2.16. The number of likely N-dealkylation sites (N-methyl/N-ethyl adjacent to an activating group) is 1. The molecule has 2 rings (SSSR count). The summed E-state index contributed by atoms with van der Waals surface area (Å²) in [5, 5.41) is 3.45. The lowest BCUT2D eigenvalue weighted by molar-refractivity contribution is 0.0695. The molecule has 1 saturated heterocycles. The van der Waals surface area contributed by atoms with Gasteiger partial charge in [0.25, 0.3) is 5.91 Å². The number of rotatable bonds is 3. The molecule has 0 bridgehead atoms. The molecule has 3 heteroatoms. The molecule has 0 radical (unpaired) electrons. The molecule has 1 aromatic rings. The lowest BCUT2D eigenvalue weighted by Crippen LogP contribution is -2.47. The highest BCUT2D eigenvalue weighted by molar-refractivity contribution is 5.94. The Morgan fingerprint density at radius 2 is 2.00 bits per heavy atom. The van der Waals surface area contributed by atoms with E-state index in [2.05, 4.69) is 18.3 Å². The molecule has 1 amide bonds. The maximum absolute atomic E-state index is 12.6. The Bertz CT molecular complexity index is 434. The topological polar surface area (TPSA) is 32.3 Å². The van der Waals surface area contributed by atoms with Gasteiger partial charge in [-0.05, 0) is 45.4 Å². The second-order valence-electron chi connectivity index (χ2n) is 5.52. The Kier molecular flexibility index (Phi) is 4.59. The zero-order valence-electron chi connectivity index (χ0n) is 12.2. The molecule has 3 nitrogen and oxygen atoms in total. The van der Waals surface area contributed by atoms with Crippen LogP contribution in [0.5, 0.6) is 0 Å². The van der Waals surface area contributed by atoms with Crippen LogP contribution in [0.4, 0.5) is 0 Å². The van der Waals surface area contributed by atoms with Gasteiger partial charge in [0.15, 0.2) is 0 Å². The van der Waals surface area contributed by atoms with Crippen molar-refractivity contribution in [3.63, 3.8) is 0 Å². The number of nitrogens with zero attached hydrogens (tertiary/aromatic N) is 1. The monoisotopic (exact) mass is 260 g/mol. The van der Waals surface area contributed by atoms with E-state index in [0.717, 1.165) is 42.7 Å². The summed E-state index contributed by atoms with van der Waals surface area (Å²) in [6.07, 6.45) is 2.26. The minimum Gasteiger partial charge on any atom is -0.337 e. The smallest absolute Gasteiger partial charge is 0.253 e. The predicted molar refractivity (Wildman–Crippen MR) is 78.5 cm³/mol. The fraction of sp³-hybridized carbons (Fsp3) is 0.562. The number of benzene rings is 1. The van der Waals surface area contributed by atoms with Gasteiger partial charge in [-0.3, -0.25) is 4.79 Å². The van der Waals surface area contributed by atoms with E-state index in [1.54, 1.807) is 0 Å². The molecule has 1 atom stereocenters. The van der Waals surface area contributed by atoms with Crippen molar-refractivity contribution in [2.45, 2.75) is 39.7 Å². The molecule has 0 spiro atoms. The molecule has 104 valence electrons. The van der Waals surface area contributed by atoms with Gasteiger partial charge in [-0.25, -0.2) is 0 Å². The molecule has 1 N–H and O–H groups in total. The number of carbonyl (C=O) groups excluding carboxylic acids is 1. The summed E-state index contributed by atoms with van der Waals surface area (Å²) >= 11 is 0. The van der Waals surface area contributed by atoms with Crippen LogP contribution in [-0.2, 0) is 0 Å². The van der Waals surface area contributed by atoms with Crippen LogP contribution in [0.2, 0.25) is 0 Å². The predicted octanol–water partition coefficient (Wildman–Crippen LogP) is 2.52. The number of hydrogen-bond acceptors (Lipinski definition) is 2. The van der Waals surface area contributed by atoms with Gasteiger partial charge in [0.2, 0.25) is 0 Å². The van der Waals surface area contributed by atoms with Crippen LogP contribution in [0.1, 0.15) is 41.3 Å². The average molecular weight is 260 g/mol. The highest BCUT2D eigenvalue weighted by atomic mass is 16.2. The first-order valence-electron chi connectivity index (χ1n) is 7.21. The van der Waals surface area contributed by atoms with Crippen molar-refractivity contribution in [2.24, 2.45) is 0 Å². The van der Waals surface area contributed by atoms with Gasteiger partial charge in [-0.1, -0.05) is 24.1 Å². The Labute approximate surface area is 116 Å². The zero-order chi connectivity index (χ0) is 13.8. The number of nitrogens with one attached hydrogen (secondary N) is 1. The molecule has 1 fully saturated rings. The first kappa shape index (κ1) is 14.1. The molecular weight excluding hydrogens is 236 g/mol. The van der Waals surface area contributed by atoms with Crippen LogP contribution < -0.4 is 5.32 Å². The van der Waals surface area contributed by atoms with Crippen molar-refractivity contribution in [3.8, 4) is 0 Å². The molecule has 1 aliphatic heterocycles. The fourth-order valence-corrected chi connectivity index (χ4v) is 2.90. The third kappa shape index (κ3) is 3.57. The Balaban J connectivity index is 2.10. The normalized spacial score (nSPS) is 19.5. The van der Waals surface area contributed by atoms with E-state index in [9.17, 15) is 4.79 Å². The molecule has 0 aromatic heterocycles. The van der Waals surface area contributed by atoms with E-state index < -0.39 is 0 Å². The molecule has 1 heterocycles. The average Bonchev–Trinajstić information content (AvgIpc) is 2.37. The first-order chi connectivity index (χ1) is 9.10. The summed E-state index contributed by atoms with van der Waals surface area (Å²) in [5.41, 5.74) is 3.14. The summed E-state index contributed by atoms with van der Waals surface area (Å²) in [6, 6.07) is 6.54. The van der Waals surface area contributed by atoms with E-state index in [1.807, 2.05) is 30.9 Å². The summed E-state index contributed by atoms with van der Waals surface area (Å²) < 4.78 is 0. The molecule has 19 heavy (non-hydrogen) atoms. The van der Waals surface area contributed by atoms with Crippen LogP contribution in [0.3, 0.4) is 0 Å². The number of aryl methyl sites for hydroxylation is 2. The van der Waals surface area contributed by atoms with E-state index in [1.165, 1.54) is 6.42 Å². The maximum Gasteiger partial charge on any atom is 0.253 e. The number of hydrogen-bond donors (Lipinski definition) is 1. The van der Waals surface area contributed by atoms with Crippen molar-refractivity contribution in [1.82, 2.24) is 10.2 Å². The van der Waals surface area contributed by atoms with Crippen LogP contribution >= 0.6 is 0 Å². The SMILES string of the molecule is CCNC1CCCN(C(=O)c2cc(C)cc(C)c2)C1. The number of carbonyl (C=O) groups is 1. The van der Waals surface area contributed by atoms with E-state index >= 15 is 0 Å². The fourth-order valence-electron chi connectivity index (χ4n) is 2.90. The van der Waals surface area contributed by atoms with Gasteiger partial charge in [-0.15, -0.1) is 0 Å². The van der Waals surface area contributed by atoms with Gasteiger partial charge < -0.3 is 10.2 Å². The minimum atomic E-state index is 0.175. The summed E-state index contributed by atoms with van der Waals surface area (Å²) in [4.78, 5) is 14.5. The van der Waals surface area contributed by atoms with Crippen molar-refractivity contribution in [1.29, 1.82) is 0 Å². The van der Waals surface area contributed by atoms with Gasteiger partial charge in [0, 0.05) is 24.7 Å². The van der Waals surface area contributed by atoms with E-state index in [4.69, 9.17) is 0 Å². The molecule has 0 aliphatic carbocycles. The van der Waals surface area contributed by atoms with Gasteiger partial charge >= 0.3 is 0 Å². The van der Waals surface area contributed by atoms with Crippen molar-refractivity contribution in [2.75, 3.05) is 19.6 Å². The van der Waals surface area contributed by atoms with Gasteiger partial charge in [0.05, 0.1) is 0 Å². The van der Waals surface area contributed by atoms with Crippen LogP contribution in [0.15, 0.2) is 18.2 Å². The lowest BCUT2D eigenvalue weighted by Gasteiger charge is -2.33. The highest BCUT2D eigenvalue weighted by Gasteiger charge is 2.23. The van der Waals surface area contributed by atoms with Crippen LogP contribution in [0, 0.1) is 13.8 Å². The van der Waals surface area contributed by atoms with Gasteiger partial charge in [0.1, 0.15) is 0 Å². The quantitative estimate of drug-likeness (QED) is 0.905. The Hall–Kier alpha value is -1.35. The number of likely N-dealkylation sites (tertiary alicyclic amines) is 1. The van der Waals surface area contributed by atoms with Gasteiger partial charge in [-0.2, -0.15) is 0 Å². The third-order valence-corrected chi connectivity index (χ3v) is 3.67. The zero-order valence-corrected chi connectivity index (χ0v) is 12.2. The lowest BCUT2D eigenvalue weighted by atomic mass is 10.0. The van der Waals surface area contributed by atoms with E-state index in [-0.39, 0.29) is 5.91 Å². The Morgan fingerprint density at radius 1 is 1.32 bits per heavy atom. The standard InChI is InChI=1S/C16H24N2O/c1-4-17-15-6-5-7-18(11-15)16(19)14-9-12(2)8-13(3)10-14/h8-10,15,17H,4-7,11H2,1-3H3. The second-order valence-corrected chi connectivity index (χ2v) is 5.52. The molecule has 1 aromatic carbocycles. The second kappa shape index (κ2) is 6.20. The largest absolute Gasteiger partial charge is 0.337 e. The summed E-state index contributed by atoms with van der Waals surface area (Å²) in [5.74, 6) is 0.175. The van der Waals surface area contributed by atoms with Crippen molar-refractivity contribution in [3.05, 3.63) is 34.9 Å². The van der Waals surface area contributed by atoms with Crippen molar-refractivity contribution >= 4 is 5.91 Å². The number of amides is 1. The van der Waals surface area contributed by atoms with Crippen LogP contribution in [-0.4, -0.2) is 36.5 Å². The Morgan fingerprint density at radius 3 is 2.63 bits per heavy atom. The van der Waals surface area contributed by atoms with Crippen LogP contribution in [0.25, 0.3) is 0 Å². The summed E-state index contributed by atoms with van der Waals surface area (Å²) in [6.45, 7) is 8.89. The van der Waals surface area contributed by atoms with E-state index in [0.29, 0.717) is 6.04 Å². The molecule has 1 aliphatic rings. The third-order valence-electron chi connectivity index (χ3n) is 3.67. The van der Waals surface area contributed by atoms with Crippen molar-refractivity contribution < 1.29 is 4.79 Å². The maximum atomic E-state index is 12.6. The molecule has 0 saturated carbocycles. The molecular formula is C16H24N2O. The first-order valence-corrected chi connectivity index (χ1v) is 7.21. The minimum absolute atomic E-state index is 0.175.